The monoisotopic (exact) mass is 269 g/mol. The van der Waals surface area contributed by atoms with E-state index in [0.29, 0.717) is 0 Å². The first-order valence-electron chi connectivity index (χ1n) is 7.31. The topological polar surface area (TPSA) is 12.0 Å². The molecule has 1 N–H and O–H groups in total. The highest BCUT2D eigenvalue weighted by atomic mass is 19.1. The van der Waals surface area contributed by atoms with Gasteiger partial charge in [-0.1, -0.05) is 51.5 Å². The van der Waals surface area contributed by atoms with Crippen molar-refractivity contribution in [1.82, 2.24) is 5.32 Å². The van der Waals surface area contributed by atoms with Gasteiger partial charge >= 0.3 is 0 Å². The van der Waals surface area contributed by atoms with Gasteiger partial charge in [0.15, 0.2) is 0 Å². The fraction of sp³-hybridized carbons (Fsp3) is 0.625. The Morgan fingerprint density at radius 2 is 1.58 bits per heavy atom. The van der Waals surface area contributed by atoms with Crippen LogP contribution >= 0.6 is 0 Å². The maximum atomic E-state index is 13.7. The van der Waals surface area contributed by atoms with E-state index in [4.69, 9.17) is 0 Å². The van der Waals surface area contributed by atoms with Crippen molar-refractivity contribution in [2.24, 2.45) is 0 Å². The molecule has 0 saturated heterocycles. The molecule has 0 amide bonds. The Bertz CT molecular complexity index is 346. The zero-order chi connectivity index (χ0) is 14.1. The summed E-state index contributed by atoms with van der Waals surface area (Å²) in [5.41, 5.74) is 0.179. The molecule has 0 radical (unpaired) electrons. The molecule has 0 saturated carbocycles. The van der Waals surface area contributed by atoms with Crippen molar-refractivity contribution in [3.63, 3.8) is 0 Å². The van der Waals surface area contributed by atoms with E-state index in [1.807, 2.05) is 0 Å². The Labute approximate surface area is 115 Å². The van der Waals surface area contributed by atoms with Gasteiger partial charge in [0, 0.05) is 11.6 Å². The number of nitrogens with one attached hydrogen (secondary N) is 1. The number of halogens is 2. The zero-order valence-electron chi connectivity index (χ0n) is 12.0. The predicted molar refractivity (Wildman–Crippen MR) is 76.2 cm³/mol. The number of benzene rings is 1. The quantitative estimate of drug-likeness (QED) is 0.624. The molecule has 0 bridgehead atoms. The van der Waals surface area contributed by atoms with E-state index < -0.39 is 11.6 Å². The minimum absolute atomic E-state index is 0.179. The van der Waals surface area contributed by atoms with Gasteiger partial charge in [0.25, 0.3) is 0 Å². The van der Waals surface area contributed by atoms with E-state index in [-0.39, 0.29) is 11.6 Å². The minimum Gasteiger partial charge on any atom is -0.313 e. The number of hydrogen-bond acceptors (Lipinski definition) is 1. The summed E-state index contributed by atoms with van der Waals surface area (Å²) in [6, 6.07) is 3.83. The van der Waals surface area contributed by atoms with Gasteiger partial charge in [-0.15, -0.1) is 0 Å². The van der Waals surface area contributed by atoms with Gasteiger partial charge in [-0.05, 0) is 25.6 Å². The molecular formula is C16H25F2N. The van der Waals surface area contributed by atoms with Crippen LogP contribution < -0.4 is 5.32 Å². The summed E-state index contributed by atoms with van der Waals surface area (Å²) in [6.07, 6.45) is 7.90. The zero-order valence-corrected chi connectivity index (χ0v) is 12.0. The molecule has 1 nitrogen and oxygen atoms in total. The van der Waals surface area contributed by atoms with Gasteiger partial charge < -0.3 is 5.32 Å². The smallest absolute Gasteiger partial charge is 0.130 e. The van der Waals surface area contributed by atoms with E-state index in [9.17, 15) is 8.78 Å². The lowest BCUT2D eigenvalue weighted by Gasteiger charge is -2.18. The highest BCUT2D eigenvalue weighted by Gasteiger charge is 2.17. The average molecular weight is 269 g/mol. The van der Waals surface area contributed by atoms with Crippen LogP contribution in [0.4, 0.5) is 8.78 Å². The lowest BCUT2D eigenvalue weighted by atomic mass is 9.99. The maximum Gasteiger partial charge on any atom is 0.130 e. The molecule has 0 aliphatic rings. The van der Waals surface area contributed by atoms with Crippen LogP contribution in [0.1, 0.15) is 63.5 Å². The fourth-order valence-corrected chi connectivity index (χ4v) is 2.41. The molecule has 1 aromatic carbocycles. The molecule has 1 atom stereocenters. The summed E-state index contributed by atoms with van der Waals surface area (Å²) < 4.78 is 27.4. The Kier molecular flexibility index (Phi) is 7.65. The number of hydrogen-bond donors (Lipinski definition) is 1. The van der Waals surface area contributed by atoms with Crippen molar-refractivity contribution in [3.8, 4) is 0 Å². The summed E-state index contributed by atoms with van der Waals surface area (Å²) in [5, 5.41) is 3.02. The van der Waals surface area contributed by atoms with Crippen molar-refractivity contribution >= 4 is 0 Å². The van der Waals surface area contributed by atoms with Crippen LogP contribution in [0.25, 0.3) is 0 Å². The molecule has 19 heavy (non-hydrogen) atoms. The Hall–Kier alpha value is -0.960. The summed E-state index contributed by atoms with van der Waals surface area (Å²) in [4.78, 5) is 0. The molecule has 0 aromatic heterocycles. The molecule has 3 heteroatoms. The molecule has 0 aliphatic heterocycles. The van der Waals surface area contributed by atoms with Crippen molar-refractivity contribution in [2.75, 3.05) is 7.05 Å². The average Bonchev–Trinajstić information content (AvgIpc) is 2.40. The Morgan fingerprint density at radius 1 is 1.00 bits per heavy atom. The van der Waals surface area contributed by atoms with Crippen LogP contribution in [0.2, 0.25) is 0 Å². The van der Waals surface area contributed by atoms with Crippen LogP contribution in [0.3, 0.4) is 0 Å². The molecule has 1 unspecified atom stereocenters. The molecular weight excluding hydrogens is 244 g/mol. The number of rotatable bonds is 9. The lowest BCUT2D eigenvalue weighted by Crippen LogP contribution is -2.19. The van der Waals surface area contributed by atoms with E-state index in [0.717, 1.165) is 19.3 Å². The van der Waals surface area contributed by atoms with Gasteiger partial charge in [0.05, 0.1) is 0 Å². The van der Waals surface area contributed by atoms with Gasteiger partial charge in [-0.3, -0.25) is 0 Å². The van der Waals surface area contributed by atoms with E-state index in [2.05, 4.69) is 12.2 Å². The third-order valence-electron chi connectivity index (χ3n) is 3.54. The second-order valence-corrected chi connectivity index (χ2v) is 5.03. The summed E-state index contributed by atoms with van der Waals surface area (Å²) in [6.45, 7) is 2.19. The Balaban J connectivity index is 2.45. The van der Waals surface area contributed by atoms with Gasteiger partial charge in [0.1, 0.15) is 11.6 Å². The highest BCUT2D eigenvalue weighted by molar-refractivity contribution is 5.23. The Morgan fingerprint density at radius 3 is 2.16 bits per heavy atom. The normalized spacial score (nSPS) is 12.6. The third-order valence-corrected chi connectivity index (χ3v) is 3.54. The first-order chi connectivity index (χ1) is 9.20. The second kappa shape index (κ2) is 9.03. The molecule has 108 valence electrons. The van der Waals surface area contributed by atoms with Gasteiger partial charge in [-0.25, -0.2) is 8.78 Å². The van der Waals surface area contributed by atoms with Crippen molar-refractivity contribution in [2.45, 2.75) is 57.9 Å². The summed E-state index contributed by atoms with van der Waals surface area (Å²) in [7, 11) is 1.76. The molecule has 1 aromatic rings. The van der Waals surface area contributed by atoms with Crippen molar-refractivity contribution in [1.29, 1.82) is 0 Å². The lowest BCUT2D eigenvalue weighted by molar-refractivity contribution is 0.450. The van der Waals surface area contributed by atoms with Gasteiger partial charge in [-0.2, -0.15) is 0 Å². The van der Waals surface area contributed by atoms with Crippen LogP contribution in [-0.4, -0.2) is 7.05 Å². The summed E-state index contributed by atoms with van der Waals surface area (Å²) in [5.74, 6) is -0.907. The van der Waals surface area contributed by atoms with Crippen molar-refractivity contribution in [3.05, 3.63) is 35.4 Å². The fourth-order valence-electron chi connectivity index (χ4n) is 2.41. The molecule has 0 fully saturated rings. The van der Waals surface area contributed by atoms with E-state index in [1.165, 1.54) is 43.9 Å². The first kappa shape index (κ1) is 16.1. The van der Waals surface area contributed by atoms with E-state index in [1.54, 1.807) is 7.05 Å². The largest absolute Gasteiger partial charge is 0.313 e. The molecule has 0 heterocycles. The molecule has 0 spiro atoms. The predicted octanol–water partition coefficient (Wildman–Crippen LogP) is 4.98. The first-order valence-corrected chi connectivity index (χ1v) is 7.31. The van der Waals surface area contributed by atoms with Crippen LogP contribution in [0.15, 0.2) is 18.2 Å². The standard InChI is InChI=1S/C16H25F2N/c1-3-4-5-6-7-8-12-15(19-2)16-13(17)10-9-11-14(16)18/h9-11,15,19H,3-8,12H2,1-2H3. The summed E-state index contributed by atoms with van der Waals surface area (Å²) >= 11 is 0. The van der Waals surface area contributed by atoms with Crippen LogP contribution in [0.5, 0.6) is 0 Å². The minimum atomic E-state index is -0.453. The molecule has 0 aliphatic carbocycles. The van der Waals surface area contributed by atoms with Crippen LogP contribution in [0, 0.1) is 11.6 Å². The maximum absolute atomic E-state index is 13.7. The van der Waals surface area contributed by atoms with Crippen molar-refractivity contribution < 1.29 is 8.78 Å². The van der Waals surface area contributed by atoms with Crippen LogP contribution in [-0.2, 0) is 0 Å². The highest BCUT2D eigenvalue weighted by Crippen LogP contribution is 2.25. The van der Waals surface area contributed by atoms with Gasteiger partial charge in [0.2, 0.25) is 0 Å². The molecule has 1 rings (SSSR count). The third kappa shape index (κ3) is 5.27. The SMILES string of the molecule is CCCCCCCCC(NC)c1c(F)cccc1F. The van der Waals surface area contributed by atoms with E-state index >= 15 is 0 Å². The second-order valence-electron chi connectivity index (χ2n) is 5.03. The number of unbranched alkanes of at least 4 members (excludes halogenated alkanes) is 5.